The van der Waals surface area contributed by atoms with E-state index in [0.29, 0.717) is 18.0 Å². The van der Waals surface area contributed by atoms with E-state index in [4.69, 9.17) is 5.14 Å². The Morgan fingerprint density at radius 2 is 2.09 bits per heavy atom. The first-order valence-electron chi connectivity index (χ1n) is 11.0. The topological polar surface area (TPSA) is 173 Å². The van der Waals surface area contributed by atoms with Crippen LogP contribution in [0.1, 0.15) is 31.1 Å². The molecule has 1 aromatic heterocycles. The summed E-state index contributed by atoms with van der Waals surface area (Å²) >= 11 is 1.64. The lowest BCUT2D eigenvalue weighted by molar-refractivity contribution is -0.384. The maximum Gasteiger partial charge on any atom is 0.293 e. The molecule has 12 nitrogen and oxygen atoms in total. The standard InChI is InChI=1S/C21H26N8O4S2/c22-35(32,33)17-8-9-18(20(13-17)29(30)31)23-15(14-34-16-5-2-1-3-6-16)10-12-28-11-4-7-19(28)21-24-26-27-25-21/h1-3,5-6,8-9,13,15,19,23H,4,7,10-12,14H2,(H2,22,32,33)(H,24,25,26,27)/t15-,19?/m1/s1. The molecule has 0 bridgehead atoms. The number of nitrogens with two attached hydrogens (primary N) is 1. The zero-order valence-electron chi connectivity index (χ0n) is 18.8. The van der Waals surface area contributed by atoms with Crippen molar-refractivity contribution in [3.05, 3.63) is 64.5 Å². The van der Waals surface area contributed by atoms with Gasteiger partial charge in [0.2, 0.25) is 10.0 Å². The highest BCUT2D eigenvalue weighted by molar-refractivity contribution is 7.99. The molecule has 4 rings (SSSR count). The quantitative estimate of drug-likeness (QED) is 0.194. The third-order valence-corrected chi connectivity index (χ3v) is 7.92. The van der Waals surface area contributed by atoms with Crippen LogP contribution in [0.15, 0.2) is 58.3 Å². The SMILES string of the molecule is NS(=O)(=O)c1ccc(N[C@H](CCN2CCCC2c2nn[nH]n2)CSc2ccccc2)c([N+](=O)[O-])c1. The van der Waals surface area contributed by atoms with Crippen LogP contribution in [-0.2, 0) is 10.0 Å². The molecule has 2 aromatic carbocycles. The fraction of sp³-hybridized carbons (Fsp3) is 0.381. The molecule has 2 heterocycles. The Balaban J connectivity index is 1.52. The fourth-order valence-corrected chi connectivity index (χ4v) is 5.64. The number of nitro benzene ring substituents is 1. The number of anilines is 1. The number of nitrogens with one attached hydrogen (secondary N) is 2. The van der Waals surface area contributed by atoms with Gasteiger partial charge >= 0.3 is 0 Å². The third-order valence-electron chi connectivity index (χ3n) is 5.84. The average Bonchev–Trinajstić information content (AvgIpc) is 3.52. The first-order valence-corrected chi connectivity index (χ1v) is 13.6. The van der Waals surface area contributed by atoms with Gasteiger partial charge in [-0.2, -0.15) is 5.21 Å². The van der Waals surface area contributed by atoms with Crippen molar-refractivity contribution in [2.75, 3.05) is 24.2 Å². The van der Waals surface area contributed by atoms with Gasteiger partial charge in [-0.25, -0.2) is 13.6 Å². The van der Waals surface area contributed by atoms with Crippen molar-refractivity contribution in [1.29, 1.82) is 0 Å². The summed E-state index contributed by atoms with van der Waals surface area (Å²) in [5, 5.41) is 34.6. The van der Waals surface area contributed by atoms with Crippen LogP contribution in [-0.4, -0.2) is 63.7 Å². The zero-order valence-corrected chi connectivity index (χ0v) is 20.4. The van der Waals surface area contributed by atoms with E-state index in [9.17, 15) is 18.5 Å². The van der Waals surface area contributed by atoms with Gasteiger partial charge in [-0.05, 0) is 50.1 Å². The number of thioether (sulfide) groups is 1. The minimum Gasteiger partial charge on any atom is -0.376 e. The number of benzene rings is 2. The molecular weight excluding hydrogens is 492 g/mol. The van der Waals surface area contributed by atoms with Crippen molar-refractivity contribution in [2.24, 2.45) is 5.14 Å². The Morgan fingerprint density at radius 3 is 2.77 bits per heavy atom. The summed E-state index contributed by atoms with van der Waals surface area (Å²) in [4.78, 5) is 14.2. The predicted octanol–water partition coefficient (Wildman–Crippen LogP) is 2.56. The van der Waals surface area contributed by atoms with Gasteiger partial charge in [-0.1, -0.05) is 23.4 Å². The molecule has 0 aliphatic carbocycles. The summed E-state index contributed by atoms with van der Waals surface area (Å²) in [5.41, 5.74) is -0.0886. The second-order valence-electron chi connectivity index (χ2n) is 8.20. The molecule has 0 amide bonds. The van der Waals surface area contributed by atoms with Crippen LogP contribution < -0.4 is 10.5 Å². The van der Waals surface area contributed by atoms with Gasteiger partial charge in [0.15, 0.2) is 5.82 Å². The first kappa shape index (κ1) is 25.0. The van der Waals surface area contributed by atoms with Crippen molar-refractivity contribution < 1.29 is 13.3 Å². The predicted molar refractivity (Wildman–Crippen MR) is 131 cm³/mol. The van der Waals surface area contributed by atoms with Crippen molar-refractivity contribution in [3.8, 4) is 0 Å². The second-order valence-corrected chi connectivity index (χ2v) is 10.9. The van der Waals surface area contributed by atoms with Crippen LogP contribution in [0.4, 0.5) is 11.4 Å². The normalized spacial score (nSPS) is 17.3. The van der Waals surface area contributed by atoms with Crippen LogP contribution in [0.3, 0.4) is 0 Å². The van der Waals surface area contributed by atoms with Gasteiger partial charge in [0.25, 0.3) is 5.69 Å². The van der Waals surface area contributed by atoms with Crippen LogP contribution in [0.25, 0.3) is 0 Å². The van der Waals surface area contributed by atoms with E-state index >= 15 is 0 Å². The lowest BCUT2D eigenvalue weighted by Gasteiger charge is -2.26. The Bertz CT molecular complexity index is 1240. The number of sulfonamides is 1. The number of H-pyrrole nitrogens is 1. The average molecular weight is 519 g/mol. The van der Waals surface area contributed by atoms with Crippen molar-refractivity contribution >= 4 is 33.2 Å². The Labute approximate surface area is 206 Å². The van der Waals surface area contributed by atoms with Crippen LogP contribution in [0.2, 0.25) is 0 Å². The summed E-state index contributed by atoms with van der Waals surface area (Å²) in [6, 6.07) is 13.5. The molecule has 1 saturated heterocycles. The third kappa shape index (κ3) is 6.54. The molecule has 14 heteroatoms. The van der Waals surface area contributed by atoms with E-state index in [-0.39, 0.29) is 28.4 Å². The molecule has 186 valence electrons. The molecule has 3 aromatic rings. The van der Waals surface area contributed by atoms with Gasteiger partial charge in [0.1, 0.15) is 5.69 Å². The maximum atomic E-state index is 11.7. The molecular formula is C21H26N8O4S2. The highest BCUT2D eigenvalue weighted by Gasteiger charge is 2.30. The largest absolute Gasteiger partial charge is 0.376 e. The van der Waals surface area contributed by atoms with Crippen LogP contribution in [0.5, 0.6) is 0 Å². The van der Waals surface area contributed by atoms with E-state index in [1.165, 1.54) is 12.1 Å². The summed E-state index contributed by atoms with van der Waals surface area (Å²) < 4.78 is 23.4. The number of nitrogens with zero attached hydrogens (tertiary/aromatic N) is 5. The van der Waals surface area contributed by atoms with Crippen LogP contribution in [0, 0.1) is 10.1 Å². The monoisotopic (exact) mass is 518 g/mol. The molecule has 4 N–H and O–H groups in total. The molecule has 1 unspecified atom stereocenters. The Hall–Kier alpha value is -3.07. The minimum absolute atomic E-state index is 0.0829. The first-order chi connectivity index (χ1) is 16.8. The number of aromatic nitrogens is 4. The van der Waals surface area contributed by atoms with Crippen molar-refractivity contribution in [1.82, 2.24) is 25.5 Å². The molecule has 1 aliphatic rings. The Kier molecular flexibility index (Phi) is 7.95. The summed E-state index contributed by atoms with van der Waals surface area (Å²) in [6.07, 6.45) is 2.66. The number of rotatable bonds is 11. The summed E-state index contributed by atoms with van der Waals surface area (Å²) in [5.74, 6) is 1.32. The summed E-state index contributed by atoms with van der Waals surface area (Å²) in [7, 11) is -4.06. The lowest BCUT2D eigenvalue weighted by Crippen LogP contribution is -2.32. The number of hydrogen-bond donors (Lipinski definition) is 3. The second kappa shape index (κ2) is 11.1. The minimum atomic E-state index is -4.06. The number of aromatic amines is 1. The van der Waals surface area contributed by atoms with Gasteiger partial charge < -0.3 is 5.32 Å². The molecule has 0 spiro atoms. The smallest absolute Gasteiger partial charge is 0.293 e. The van der Waals surface area contributed by atoms with E-state index in [1.54, 1.807) is 11.8 Å². The molecule has 2 atom stereocenters. The number of hydrogen-bond acceptors (Lipinski definition) is 10. The maximum absolute atomic E-state index is 11.7. The van der Waals surface area contributed by atoms with Gasteiger partial charge in [0.05, 0.1) is 15.9 Å². The zero-order chi connectivity index (χ0) is 24.8. The van der Waals surface area contributed by atoms with Gasteiger partial charge in [0, 0.05) is 29.3 Å². The molecule has 0 radical (unpaired) electrons. The molecule has 0 saturated carbocycles. The van der Waals surface area contributed by atoms with E-state index < -0.39 is 14.9 Å². The van der Waals surface area contributed by atoms with Crippen molar-refractivity contribution in [2.45, 2.75) is 41.1 Å². The molecule has 1 aliphatic heterocycles. The van der Waals surface area contributed by atoms with Gasteiger partial charge in [-0.3, -0.25) is 15.0 Å². The Morgan fingerprint density at radius 1 is 1.29 bits per heavy atom. The number of tetrazole rings is 1. The summed E-state index contributed by atoms with van der Waals surface area (Å²) in [6.45, 7) is 1.64. The van der Waals surface area contributed by atoms with Crippen LogP contribution >= 0.6 is 11.8 Å². The fourth-order valence-electron chi connectivity index (χ4n) is 4.11. The molecule has 35 heavy (non-hydrogen) atoms. The number of likely N-dealkylation sites (tertiary alicyclic amines) is 1. The van der Waals surface area contributed by atoms with Crippen molar-refractivity contribution in [3.63, 3.8) is 0 Å². The highest BCUT2D eigenvalue weighted by atomic mass is 32.2. The highest BCUT2D eigenvalue weighted by Crippen LogP contribution is 2.32. The molecule has 1 fully saturated rings. The number of primary sulfonamides is 1. The van der Waals surface area contributed by atoms with Gasteiger partial charge in [-0.15, -0.1) is 22.0 Å². The van der Waals surface area contributed by atoms with E-state index in [2.05, 4.69) is 30.8 Å². The van der Waals surface area contributed by atoms with E-state index in [0.717, 1.165) is 36.9 Å². The van der Waals surface area contributed by atoms with E-state index in [1.807, 2.05) is 30.3 Å². The lowest BCUT2D eigenvalue weighted by atomic mass is 10.1. The number of nitro groups is 1.